The van der Waals surface area contributed by atoms with Crippen molar-refractivity contribution in [2.45, 2.75) is 33.9 Å². The summed E-state index contributed by atoms with van der Waals surface area (Å²) in [5.41, 5.74) is 5.97. The Kier molecular flexibility index (Phi) is 7.86. The molecule has 0 aliphatic carbocycles. The third kappa shape index (κ3) is 5.66. The van der Waals surface area contributed by atoms with Gasteiger partial charge in [0.25, 0.3) is 5.91 Å². The van der Waals surface area contributed by atoms with Crippen LogP contribution >= 0.6 is 0 Å². The van der Waals surface area contributed by atoms with Gasteiger partial charge in [-0.05, 0) is 69.3 Å². The molecule has 0 saturated heterocycles. The zero-order valence-corrected chi connectivity index (χ0v) is 21.5. The largest absolute Gasteiger partial charge is 0.494 e. The molecule has 2 N–H and O–H groups in total. The molecule has 6 nitrogen and oxygen atoms in total. The highest BCUT2D eigenvalue weighted by atomic mass is 16.3. The molecule has 4 rings (SSSR count). The summed E-state index contributed by atoms with van der Waals surface area (Å²) in [4.78, 5) is 24.7. The molecule has 1 aromatic heterocycles. The SMILES string of the molecule is CCN(CC)C(=O)c1ccc2[nH]c(O)c(C(C)=Nc3ccc(CN(C)Cc4ccccc4)cc3)c2c1. The van der Waals surface area contributed by atoms with Crippen LogP contribution in [0.2, 0.25) is 0 Å². The van der Waals surface area contributed by atoms with Crippen LogP contribution in [0.1, 0.15) is 47.8 Å². The second kappa shape index (κ2) is 11.2. The van der Waals surface area contributed by atoms with E-state index in [9.17, 15) is 9.90 Å². The predicted molar refractivity (Wildman–Crippen MR) is 147 cm³/mol. The Bertz CT molecular complexity index is 1350. The van der Waals surface area contributed by atoms with Gasteiger partial charge in [-0.2, -0.15) is 0 Å². The lowest BCUT2D eigenvalue weighted by Crippen LogP contribution is -2.30. The van der Waals surface area contributed by atoms with Gasteiger partial charge in [-0.15, -0.1) is 0 Å². The number of H-pyrrole nitrogens is 1. The van der Waals surface area contributed by atoms with E-state index >= 15 is 0 Å². The molecule has 1 amide bonds. The highest BCUT2D eigenvalue weighted by Crippen LogP contribution is 2.30. The Morgan fingerprint density at radius 1 is 0.917 bits per heavy atom. The van der Waals surface area contributed by atoms with Gasteiger partial charge in [-0.25, -0.2) is 0 Å². The number of benzene rings is 3. The summed E-state index contributed by atoms with van der Waals surface area (Å²) >= 11 is 0. The van der Waals surface area contributed by atoms with E-state index in [1.807, 2.05) is 51.1 Å². The molecule has 0 aliphatic heterocycles. The molecular formula is C30H34N4O2. The summed E-state index contributed by atoms with van der Waals surface area (Å²) in [6.07, 6.45) is 0. The van der Waals surface area contributed by atoms with E-state index in [2.05, 4.69) is 53.3 Å². The van der Waals surface area contributed by atoms with Crippen molar-refractivity contribution >= 4 is 28.2 Å². The number of hydrogen-bond donors (Lipinski definition) is 2. The highest BCUT2D eigenvalue weighted by Gasteiger charge is 2.18. The molecule has 0 atom stereocenters. The first-order valence-corrected chi connectivity index (χ1v) is 12.4. The van der Waals surface area contributed by atoms with Gasteiger partial charge in [0.05, 0.1) is 17.0 Å². The minimum Gasteiger partial charge on any atom is -0.494 e. The third-order valence-electron chi connectivity index (χ3n) is 6.42. The number of fused-ring (bicyclic) bond motifs is 1. The lowest BCUT2D eigenvalue weighted by Gasteiger charge is -2.18. The Hall–Kier alpha value is -3.90. The van der Waals surface area contributed by atoms with Gasteiger partial charge in [0.1, 0.15) is 0 Å². The minimum atomic E-state index is -0.0176. The summed E-state index contributed by atoms with van der Waals surface area (Å²) in [5, 5.41) is 11.4. The van der Waals surface area contributed by atoms with Crippen molar-refractivity contribution in [1.82, 2.24) is 14.8 Å². The van der Waals surface area contributed by atoms with Crippen LogP contribution in [0.15, 0.2) is 77.8 Å². The van der Waals surface area contributed by atoms with Crippen LogP contribution in [0.25, 0.3) is 10.9 Å². The molecule has 4 aromatic rings. The molecule has 186 valence electrons. The number of nitrogens with zero attached hydrogens (tertiary/aromatic N) is 3. The number of rotatable bonds is 9. The van der Waals surface area contributed by atoms with E-state index in [1.165, 1.54) is 11.1 Å². The third-order valence-corrected chi connectivity index (χ3v) is 6.42. The summed E-state index contributed by atoms with van der Waals surface area (Å²) in [6, 6.07) is 24.1. The molecule has 0 fully saturated rings. The van der Waals surface area contributed by atoms with Crippen molar-refractivity contribution < 1.29 is 9.90 Å². The molecular weight excluding hydrogens is 448 g/mol. The number of hydrogen-bond acceptors (Lipinski definition) is 4. The number of aromatic nitrogens is 1. The Morgan fingerprint density at radius 3 is 2.19 bits per heavy atom. The molecule has 0 radical (unpaired) electrons. The fourth-order valence-electron chi connectivity index (χ4n) is 4.56. The van der Waals surface area contributed by atoms with E-state index in [1.54, 1.807) is 11.0 Å². The minimum absolute atomic E-state index is 0.0176. The second-order valence-electron chi connectivity index (χ2n) is 9.11. The first-order chi connectivity index (χ1) is 17.4. The van der Waals surface area contributed by atoms with Crippen LogP contribution in [0.5, 0.6) is 5.88 Å². The van der Waals surface area contributed by atoms with Gasteiger partial charge >= 0.3 is 0 Å². The van der Waals surface area contributed by atoms with Crippen molar-refractivity contribution in [3.8, 4) is 5.88 Å². The number of aliphatic imine (C=N–C) groups is 1. The van der Waals surface area contributed by atoms with Gasteiger partial charge in [0.2, 0.25) is 0 Å². The monoisotopic (exact) mass is 482 g/mol. The van der Waals surface area contributed by atoms with Crippen LogP contribution in [0.4, 0.5) is 5.69 Å². The van der Waals surface area contributed by atoms with E-state index in [4.69, 9.17) is 4.99 Å². The number of nitrogens with one attached hydrogen (secondary N) is 1. The average Bonchev–Trinajstić information content (AvgIpc) is 3.21. The summed E-state index contributed by atoms with van der Waals surface area (Å²) in [5.74, 6) is 0.0359. The zero-order valence-electron chi connectivity index (χ0n) is 21.5. The van der Waals surface area contributed by atoms with E-state index in [-0.39, 0.29) is 11.8 Å². The zero-order chi connectivity index (χ0) is 25.7. The molecule has 0 saturated carbocycles. The second-order valence-corrected chi connectivity index (χ2v) is 9.11. The van der Waals surface area contributed by atoms with E-state index in [0.29, 0.717) is 29.9 Å². The number of amides is 1. The van der Waals surface area contributed by atoms with Crippen LogP contribution in [-0.4, -0.2) is 51.6 Å². The average molecular weight is 483 g/mol. The quantitative estimate of drug-likeness (QED) is 0.282. The summed E-state index contributed by atoms with van der Waals surface area (Å²) in [7, 11) is 2.11. The molecule has 36 heavy (non-hydrogen) atoms. The van der Waals surface area contributed by atoms with Crippen molar-refractivity contribution in [3.63, 3.8) is 0 Å². The molecule has 3 aromatic carbocycles. The van der Waals surface area contributed by atoms with Crippen LogP contribution < -0.4 is 0 Å². The maximum Gasteiger partial charge on any atom is 0.253 e. The topological polar surface area (TPSA) is 71.9 Å². The number of carbonyl (C=O) groups is 1. The Labute approximate surface area is 212 Å². The number of carbonyl (C=O) groups excluding carboxylic acids is 1. The first kappa shape index (κ1) is 25.2. The van der Waals surface area contributed by atoms with Gasteiger partial charge in [0, 0.05) is 42.6 Å². The maximum atomic E-state index is 12.9. The number of aromatic amines is 1. The van der Waals surface area contributed by atoms with Crippen molar-refractivity contribution in [2.75, 3.05) is 20.1 Å². The number of aromatic hydroxyl groups is 1. The first-order valence-electron chi connectivity index (χ1n) is 12.4. The lowest BCUT2D eigenvalue weighted by atomic mass is 10.1. The smallest absolute Gasteiger partial charge is 0.253 e. The van der Waals surface area contributed by atoms with Crippen LogP contribution in [0.3, 0.4) is 0 Å². The molecule has 0 unspecified atom stereocenters. The normalized spacial score (nSPS) is 11.9. The standard InChI is InChI=1S/C30H34N4O2/c1-5-34(6-2)30(36)24-14-17-27-26(18-24)28(29(35)32-27)21(3)31-25-15-12-23(13-16-25)20-33(4)19-22-10-8-7-9-11-22/h7-18,32,35H,5-6,19-20H2,1-4H3. The van der Waals surface area contributed by atoms with Crippen LogP contribution in [-0.2, 0) is 13.1 Å². The molecule has 6 heteroatoms. The predicted octanol–water partition coefficient (Wildman–Crippen LogP) is 6.13. The molecule has 0 bridgehead atoms. The van der Waals surface area contributed by atoms with Crippen molar-refractivity contribution in [1.29, 1.82) is 0 Å². The Morgan fingerprint density at radius 2 is 1.56 bits per heavy atom. The Balaban J connectivity index is 1.53. The van der Waals surface area contributed by atoms with Gasteiger partial charge in [0.15, 0.2) is 5.88 Å². The van der Waals surface area contributed by atoms with Crippen molar-refractivity contribution in [2.24, 2.45) is 4.99 Å². The fourth-order valence-corrected chi connectivity index (χ4v) is 4.56. The highest BCUT2D eigenvalue weighted by molar-refractivity contribution is 6.14. The molecule has 0 spiro atoms. The van der Waals surface area contributed by atoms with Gasteiger partial charge in [-0.1, -0.05) is 42.5 Å². The van der Waals surface area contributed by atoms with E-state index < -0.39 is 0 Å². The molecule has 1 heterocycles. The summed E-state index contributed by atoms with van der Waals surface area (Å²) < 4.78 is 0. The van der Waals surface area contributed by atoms with Gasteiger partial charge < -0.3 is 15.0 Å². The van der Waals surface area contributed by atoms with E-state index in [0.717, 1.165) is 29.7 Å². The maximum absolute atomic E-state index is 12.9. The van der Waals surface area contributed by atoms with Gasteiger partial charge in [-0.3, -0.25) is 14.7 Å². The lowest BCUT2D eigenvalue weighted by molar-refractivity contribution is 0.0773. The summed E-state index contributed by atoms with van der Waals surface area (Å²) in [6.45, 7) is 8.84. The van der Waals surface area contributed by atoms with Crippen molar-refractivity contribution in [3.05, 3.63) is 95.1 Å². The molecule has 0 aliphatic rings. The fraction of sp³-hybridized carbons (Fsp3) is 0.267. The van der Waals surface area contributed by atoms with Crippen LogP contribution in [0, 0.1) is 0 Å².